The van der Waals surface area contributed by atoms with Gasteiger partial charge >= 0.3 is 11.9 Å². The molecule has 1 aromatic rings. The van der Waals surface area contributed by atoms with E-state index in [9.17, 15) is 9.59 Å². The third kappa shape index (κ3) is 4.75. The van der Waals surface area contributed by atoms with Gasteiger partial charge in [-0.25, -0.2) is 0 Å². The second-order valence-corrected chi connectivity index (χ2v) is 4.22. The van der Waals surface area contributed by atoms with Gasteiger partial charge in [-0.1, -0.05) is 35.9 Å². The summed E-state index contributed by atoms with van der Waals surface area (Å²) < 4.78 is 9.13. The molecule has 0 aliphatic heterocycles. The van der Waals surface area contributed by atoms with E-state index in [1.165, 1.54) is 14.2 Å². The lowest BCUT2D eigenvalue weighted by atomic mass is 10.0. The summed E-state index contributed by atoms with van der Waals surface area (Å²) in [5.41, 5.74) is 0.929. The van der Waals surface area contributed by atoms with Crippen LogP contribution < -0.4 is 0 Å². The van der Waals surface area contributed by atoms with Crippen molar-refractivity contribution < 1.29 is 19.1 Å². The Balaban J connectivity index is 2.68. The van der Waals surface area contributed by atoms with Gasteiger partial charge in [0.15, 0.2) is 5.92 Å². The number of carbonyl (C=O) groups is 2. The molecule has 0 saturated carbocycles. The molecule has 0 atom stereocenters. The number of halogens is 1. The minimum Gasteiger partial charge on any atom is -0.468 e. The second kappa shape index (κ2) is 7.59. The largest absolute Gasteiger partial charge is 0.468 e. The van der Waals surface area contributed by atoms with Crippen LogP contribution in [0.1, 0.15) is 12.0 Å². The molecule has 0 aliphatic carbocycles. The highest BCUT2D eigenvalue weighted by Crippen LogP contribution is 2.13. The van der Waals surface area contributed by atoms with Gasteiger partial charge in [0.05, 0.1) is 14.2 Å². The van der Waals surface area contributed by atoms with Crippen LogP contribution in [0.15, 0.2) is 30.3 Å². The summed E-state index contributed by atoms with van der Waals surface area (Å²) in [7, 11) is 2.47. The van der Waals surface area contributed by atoms with Gasteiger partial charge in [0.1, 0.15) is 0 Å². The molecule has 0 fully saturated rings. The molecule has 0 unspecified atom stereocenters. The summed E-state index contributed by atoms with van der Waals surface area (Å²) in [6, 6.07) is 7.20. The Hall–Kier alpha value is -1.81. The molecule has 1 aromatic carbocycles. The van der Waals surface area contributed by atoms with Crippen molar-refractivity contribution in [2.75, 3.05) is 14.2 Å². The van der Waals surface area contributed by atoms with E-state index in [0.29, 0.717) is 5.02 Å². The molecule has 5 heteroatoms. The molecular formula is C14H15ClO4. The van der Waals surface area contributed by atoms with Crippen LogP contribution in [-0.4, -0.2) is 26.2 Å². The molecule has 0 spiro atoms. The van der Waals surface area contributed by atoms with E-state index in [4.69, 9.17) is 11.6 Å². The number of ether oxygens (including phenoxy) is 2. The van der Waals surface area contributed by atoms with Crippen molar-refractivity contribution in [2.24, 2.45) is 5.92 Å². The topological polar surface area (TPSA) is 52.6 Å². The quantitative estimate of drug-likeness (QED) is 0.615. The predicted molar refractivity (Wildman–Crippen MR) is 72.6 cm³/mol. The van der Waals surface area contributed by atoms with Crippen molar-refractivity contribution in [2.45, 2.75) is 6.42 Å². The third-order valence-corrected chi connectivity index (χ3v) is 2.78. The Labute approximate surface area is 117 Å². The Kier molecular flexibility index (Phi) is 6.09. The van der Waals surface area contributed by atoms with E-state index in [-0.39, 0.29) is 6.42 Å². The fourth-order valence-corrected chi connectivity index (χ4v) is 1.61. The first kappa shape index (κ1) is 15.2. The third-order valence-electron chi connectivity index (χ3n) is 2.52. The summed E-state index contributed by atoms with van der Waals surface area (Å²) in [4.78, 5) is 22.8. The maximum atomic E-state index is 11.4. The van der Waals surface area contributed by atoms with Gasteiger partial charge in [0.25, 0.3) is 0 Å². The van der Waals surface area contributed by atoms with Crippen molar-refractivity contribution in [3.05, 3.63) is 40.9 Å². The lowest BCUT2D eigenvalue weighted by Gasteiger charge is -2.09. The lowest BCUT2D eigenvalue weighted by Crippen LogP contribution is -2.25. The molecule has 0 radical (unpaired) electrons. The average Bonchev–Trinajstić information content (AvgIpc) is 2.44. The second-order valence-electron chi connectivity index (χ2n) is 3.79. The normalized spacial score (nSPS) is 10.7. The van der Waals surface area contributed by atoms with Gasteiger partial charge in [-0.05, 0) is 24.1 Å². The molecule has 4 nitrogen and oxygen atoms in total. The molecule has 19 heavy (non-hydrogen) atoms. The first-order valence-corrected chi connectivity index (χ1v) is 6.04. The number of methoxy groups -OCH3 is 2. The molecule has 0 aliphatic rings. The van der Waals surface area contributed by atoms with Gasteiger partial charge in [0, 0.05) is 5.02 Å². The van der Waals surface area contributed by atoms with E-state index in [0.717, 1.165) is 5.56 Å². The van der Waals surface area contributed by atoms with Crippen LogP contribution in [0.3, 0.4) is 0 Å². The highest BCUT2D eigenvalue weighted by Gasteiger charge is 2.26. The number of benzene rings is 1. The minimum absolute atomic E-state index is 0.224. The number of esters is 2. The van der Waals surface area contributed by atoms with Crippen LogP contribution >= 0.6 is 11.6 Å². The predicted octanol–water partition coefficient (Wildman–Crippen LogP) is 2.71. The molecule has 0 saturated heterocycles. The maximum Gasteiger partial charge on any atom is 0.320 e. The molecule has 102 valence electrons. The number of rotatable bonds is 5. The van der Waals surface area contributed by atoms with Crippen molar-refractivity contribution in [1.82, 2.24) is 0 Å². The monoisotopic (exact) mass is 282 g/mol. The number of hydrogen-bond donors (Lipinski definition) is 0. The van der Waals surface area contributed by atoms with Crippen LogP contribution in [0.5, 0.6) is 0 Å². The lowest BCUT2D eigenvalue weighted by molar-refractivity contribution is -0.158. The fourth-order valence-electron chi connectivity index (χ4n) is 1.49. The summed E-state index contributed by atoms with van der Waals surface area (Å²) in [6.45, 7) is 0. The van der Waals surface area contributed by atoms with E-state index < -0.39 is 17.9 Å². The number of hydrogen-bond acceptors (Lipinski definition) is 4. The van der Waals surface area contributed by atoms with Crippen LogP contribution in [0.25, 0.3) is 6.08 Å². The highest BCUT2D eigenvalue weighted by molar-refractivity contribution is 6.30. The summed E-state index contributed by atoms with van der Waals surface area (Å²) in [5, 5.41) is 0.652. The summed E-state index contributed by atoms with van der Waals surface area (Å²) in [6.07, 6.45) is 3.75. The Bertz CT molecular complexity index is 449. The van der Waals surface area contributed by atoms with Crippen LogP contribution in [-0.2, 0) is 19.1 Å². The van der Waals surface area contributed by atoms with E-state index in [1.807, 2.05) is 12.1 Å². The van der Waals surface area contributed by atoms with E-state index >= 15 is 0 Å². The standard InChI is InChI=1S/C14H15ClO4/c1-18-13(16)12(14(17)19-2)5-3-4-10-6-8-11(15)9-7-10/h3-4,6-9,12H,5H2,1-2H3/b4-3+. The number of allylic oxidation sites excluding steroid dienone is 1. The van der Waals surface area contributed by atoms with Crippen molar-refractivity contribution in [3.8, 4) is 0 Å². The van der Waals surface area contributed by atoms with Crippen LogP contribution in [0, 0.1) is 5.92 Å². The number of carbonyl (C=O) groups excluding carboxylic acids is 2. The molecule has 0 amide bonds. The molecule has 0 bridgehead atoms. The maximum absolute atomic E-state index is 11.4. The summed E-state index contributed by atoms with van der Waals surface area (Å²) >= 11 is 5.77. The summed E-state index contributed by atoms with van der Waals surface area (Å²) in [5.74, 6) is -2.14. The highest BCUT2D eigenvalue weighted by atomic mass is 35.5. The zero-order valence-electron chi connectivity index (χ0n) is 10.8. The van der Waals surface area contributed by atoms with Crippen molar-refractivity contribution >= 4 is 29.6 Å². The van der Waals surface area contributed by atoms with Gasteiger partial charge in [-0.3, -0.25) is 9.59 Å². The zero-order chi connectivity index (χ0) is 14.3. The molecule has 0 heterocycles. The Morgan fingerprint density at radius 3 is 2.16 bits per heavy atom. The first-order valence-electron chi connectivity index (χ1n) is 5.66. The smallest absolute Gasteiger partial charge is 0.320 e. The molecule has 0 N–H and O–H groups in total. The minimum atomic E-state index is -0.932. The van der Waals surface area contributed by atoms with Crippen LogP contribution in [0.2, 0.25) is 5.02 Å². The van der Waals surface area contributed by atoms with Gasteiger partial charge < -0.3 is 9.47 Å². The van der Waals surface area contributed by atoms with Gasteiger partial charge in [-0.2, -0.15) is 0 Å². The van der Waals surface area contributed by atoms with Crippen molar-refractivity contribution in [1.29, 1.82) is 0 Å². The van der Waals surface area contributed by atoms with Gasteiger partial charge in [0.2, 0.25) is 0 Å². The zero-order valence-corrected chi connectivity index (χ0v) is 11.5. The average molecular weight is 283 g/mol. The van der Waals surface area contributed by atoms with Crippen molar-refractivity contribution in [3.63, 3.8) is 0 Å². The Morgan fingerprint density at radius 2 is 1.68 bits per heavy atom. The molecule has 0 aromatic heterocycles. The van der Waals surface area contributed by atoms with E-state index in [2.05, 4.69) is 9.47 Å². The van der Waals surface area contributed by atoms with E-state index in [1.54, 1.807) is 24.3 Å². The Morgan fingerprint density at radius 1 is 1.16 bits per heavy atom. The van der Waals surface area contributed by atoms with Gasteiger partial charge in [-0.15, -0.1) is 0 Å². The van der Waals surface area contributed by atoms with Crippen LogP contribution in [0.4, 0.5) is 0 Å². The SMILES string of the molecule is COC(=O)C(C/C=C/c1ccc(Cl)cc1)C(=O)OC. The first-order chi connectivity index (χ1) is 9.08. The molecular weight excluding hydrogens is 268 g/mol. The molecule has 1 rings (SSSR count). The fraction of sp³-hybridized carbons (Fsp3) is 0.286.